The highest BCUT2D eigenvalue weighted by Crippen LogP contribution is 2.10. The predicted octanol–water partition coefficient (Wildman–Crippen LogP) is 3.97. The fourth-order valence-electron chi connectivity index (χ4n) is 2.75. The van der Waals surface area contributed by atoms with Gasteiger partial charge in [-0.25, -0.2) is 0 Å². The van der Waals surface area contributed by atoms with E-state index in [1.54, 1.807) is 0 Å². The van der Waals surface area contributed by atoms with E-state index in [0.29, 0.717) is 0 Å². The van der Waals surface area contributed by atoms with Gasteiger partial charge in [-0.15, -0.1) is 0 Å². The average molecular weight is 377 g/mol. The minimum absolute atomic E-state index is 0.0244. The number of hydrogen-bond acceptors (Lipinski definition) is 4. The molecule has 0 aliphatic carbocycles. The van der Waals surface area contributed by atoms with Crippen LogP contribution in [0.2, 0.25) is 0 Å². The zero-order chi connectivity index (χ0) is 19.8. The molecule has 1 aromatic heterocycles. The van der Waals surface area contributed by atoms with Crippen LogP contribution in [0.5, 0.6) is 5.75 Å². The zero-order valence-corrected chi connectivity index (χ0v) is 15.8. The molecule has 5 heteroatoms. The number of rotatable bonds is 8. The van der Waals surface area contributed by atoms with Crippen molar-refractivity contribution in [1.82, 2.24) is 5.32 Å². The molecular weight excluding hydrogens is 354 g/mol. The Balaban J connectivity index is 1.53. The van der Waals surface area contributed by atoms with E-state index in [9.17, 15) is 9.59 Å². The van der Waals surface area contributed by atoms with Crippen LogP contribution in [0.4, 0.5) is 0 Å². The Morgan fingerprint density at radius 1 is 1.04 bits per heavy atom. The first-order chi connectivity index (χ1) is 13.6. The summed E-state index contributed by atoms with van der Waals surface area (Å²) in [6.07, 6.45) is 2.84. The van der Waals surface area contributed by atoms with E-state index in [0.717, 1.165) is 18.4 Å². The summed E-state index contributed by atoms with van der Waals surface area (Å²) in [6, 6.07) is 20.7. The smallest absolute Gasteiger partial charge is 0.287 e. The summed E-state index contributed by atoms with van der Waals surface area (Å²) in [7, 11) is 0. The Morgan fingerprint density at radius 3 is 2.32 bits per heavy atom. The largest absolute Gasteiger partial charge is 0.482 e. The van der Waals surface area contributed by atoms with Crippen molar-refractivity contribution in [2.24, 2.45) is 0 Å². The molecule has 144 valence electrons. The number of benzene rings is 2. The molecule has 0 aliphatic heterocycles. The fraction of sp³-hybridized carbons (Fsp3) is 0.217. The lowest BCUT2D eigenvalue weighted by Gasteiger charge is -2.13. The highest BCUT2D eigenvalue weighted by atomic mass is 16.5. The molecule has 1 N–H and O–H groups in total. The van der Waals surface area contributed by atoms with Crippen molar-refractivity contribution in [3.63, 3.8) is 0 Å². The van der Waals surface area contributed by atoms with E-state index in [4.69, 9.17) is 9.15 Å². The molecule has 0 aliphatic rings. The summed E-state index contributed by atoms with van der Waals surface area (Å²) in [5, 5.41) is 2.86. The van der Waals surface area contributed by atoms with Crippen molar-refractivity contribution in [2.75, 3.05) is 0 Å². The maximum Gasteiger partial charge on any atom is 0.287 e. The van der Waals surface area contributed by atoms with Crippen LogP contribution >= 0.6 is 0 Å². The van der Waals surface area contributed by atoms with E-state index < -0.39 is 5.91 Å². The third-order valence-corrected chi connectivity index (χ3v) is 4.35. The number of hydrogen-bond donors (Lipinski definition) is 1. The van der Waals surface area contributed by atoms with Gasteiger partial charge in [-0.1, -0.05) is 60.7 Å². The second-order valence-electron chi connectivity index (χ2n) is 6.65. The van der Waals surface area contributed by atoms with E-state index in [-0.39, 0.29) is 29.6 Å². The second-order valence-corrected chi connectivity index (χ2v) is 6.65. The second kappa shape index (κ2) is 9.55. The van der Waals surface area contributed by atoms with Gasteiger partial charge in [0, 0.05) is 12.1 Å². The lowest BCUT2D eigenvalue weighted by molar-refractivity contribution is 0.0907. The van der Waals surface area contributed by atoms with Crippen molar-refractivity contribution < 1.29 is 13.9 Å². The van der Waals surface area contributed by atoms with E-state index in [1.165, 1.54) is 17.9 Å². The van der Waals surface area contributed by atoms with Crippen LogP contribution in [0.15, 0.2) is 82.2 Å². The minimum atomic E-state index is -0.410. The molecule has 1 unspecified atom stereocenters. The lowest BCUT2D eigenvalue weighted by atomic mass is 10.1. The van der Waals surface area contributed by atoms with Crippen LogP contribution in [0.25, 0.3) is 0 Å². The third-order valence-electron chi connectivity index (χ3n) is 4.35. The average Bonchev–Trinajstić information content (AvgIpc) is 2.73. The van der Waals surface area contributed by atoms with E-state index >= 15 is 0 Å². The molecule has 1 amide bonds. The van der Waals surface area contributed by atoms with Crippen molar-refractivity contribution in [2.45, 2.75) is 32.4 Å². The van der Waals surface area contributed by atoms with Crippen molar-refractivity contribution in [3.8, 4) is 5.75 Å². The topological polar surface area (TPSA) is 68.5 Å². The maximum absolute atomic E-state index is 12.3. The molecule has 0 radical (unpaired) electrons. The molecule has 0 saturated heterocycles. The van der Waals surface area contributed by atoms with Gasteiger partial charge in [0.25, 0.3) is 5.91 Å². The third kappa shape index (κ3) is 5.58. The van der Waals surface area contributed by atoms with Crippen LogP contribution in [0.3, 0.4) is 0 Å². The number of amides is 1. The van der Waals surface area contributed by atoms with Crippen molar-refractivity contribution in [1.29, 1.82) is 0 Å². The molecule has 0 saturated carbocycles. The van der Waals surface area contributed by atoms with Gasteiger partial charge in [0.05, 0.1) is 0 Å². The Morgan fingerprint density at radius 2 is 1.68 bits per heavy atom. The van der Waals surface area contributed by atoms with Crippen LogP contribution in [0.1, 0.15) is 35.0 Å². The standard InChI is InChI=1S/C23H23NO4/c1-17(12-13-18-8-4-2-5-9-18)24-23(26)21-14-20(25)22(16-28-21)27-15-19-10-6-3-7-11-19/h2-11,14,16-17H,12-13,15H2,1H3,(H,24,26). The van der Waals surface area contributed by atoms with Gasteiger partial charge < -0.3 is 14.5 Å². The van der Waals surface area contributed by atoms with Gasteiger partial charge in [-0.2, -0.15) is 0 Å². The molecule has 5 nitrogen and oxygen atoms in total. The van der Waals surface area contributed by atoms with Gasteiger partial charge in [0.2, 0.25) is 11.2 Å². The molecule has 0 spiro atoms. The summed E-state index contributed by atoms with van der Waals surface area (Å²) < 4.78 is 10.8. The van der Waals surface area contributed by atoms with E-state index in [2.05, 4.69) is 17.4 Å². The Labute approximate surface area is 164 Å². The SMILES string of the molecule is CC(CCc1ccccc1)NC(=O)c1cc(=O)c(OCc2ccccc2)co1. The first-order valence-corrected chi connectivity index (χ1v) is 9.26. The van der Waals surface area contributed by atoms with Gasteiger partial charge in [-0.05, 0) is 30.9 Å². The van der Waals surface area contributed by atoms with Gasteiger partial charge in [0.15, 0.2) is 5.76 Å². The highest BCUT2D eigenvalue weighted by molar-refractivity contribution is 5.91. The number of aryl methyl sites for hydroxylation is 1. The number of nitrogens with one attached hydrogen (secondary N) is 1. The molecular formula is C23H23NO4. The van der Waals surface area contributed by atoms with Gasteiger partial charge in [0.1, 0.15) is 12.9 Å². The number of ether oxygens (including phenoxy) is 1. The molecule has 2 aromatic carbocycles. The predicted molar refractivity (Wildman–Crippen MR) is 107 cm³/mol. The van der Waals surface area contributed by atoms with Crippen LogP contribution < -0.4 is 15.5 Å². The van der Waals surface area contributed by atoms with Crippen LogP contribution in [-0.2, 0) is 13.0 Å². The number of carbonyl (C=O) groups is 1. The monoisotopic (exact) mass is 377 g/mol. The quantitative estimate of drug-likeness (QED) is 0.645. The molecule has 1 atom stereocenters. The highest BCUT2D eigenvalue weighted by Gasteiger charge is 2.14. The summed E-state index contributed by atoms with van der Waals surface area (Å²) in [6.45, 7) is 2.18. The molecule has 3 aromatic rings. The molecule has 0 bridgehead atoms. The van der Waals surface area contributed by atoms with Gasteiger partial charge >= 0.3 is 0 Å². The summed E-state index contributed by atoms with van der Waals surface area (Å²) in [5.41, 5.74) is 1.77. The maximum atomic E-state index is 12.3. The van der Waals surface area contributed by atoms with E-state index in [1.807, 2.05) is 55.5 Å². The fourth-order valence-corrected chi connectivity index (χ4v) is 2.75. The van der Waals surface area contributed by atoms with Crippen LogP contribution in [0, 0.1) is 0 Å². The van der Waals surface area contributed by atoms with Crippen molar-refractivity contribution >= 4 is 5.91 Å². The zero-order valence-electron chi connectivity index (χ0n) is 15.8. The molecule has 1 heterocycles. The first kappa shape index (κ1) is 19.4. The normalized spacial score (nSPS) is 11.6. The minimum Gasteiger partial charge on any atom is -0.482 e. The summed E-state index contributed by atoms with van der Waals surface area (Å²) >= 11 is 0. The number of carbonyl (C=O) groups excluding carboxylic acids is 1. The Hall–Kier alpha value is -3.34. The molecule has 3 rings (SSSR count). The molecule has 28 heavy (non-hydrogen) atoms. The summed E-state index contributed by atoms with van der Waals surface area (Å²) in [4.78, 5) is 24.5. The lowest BCUT2D eigenvalue weighted by Crippen LogP contribution is -2.33. The summed E-state index contributed by atoms with van der Waals surface area (Å²) in [5.74, 6) is -0.353. The molecule has 0 fully saturated rings. The van der Waals surface area contributed by atoms with Crippen LogP contribution in [-0.4, -0.2) is 11.9 Å². The Kier molecular flexibility index (Phi) is 6.63. The first-order valence-electron chi connectivity index (χ1n) is 9.26. The Bertz CT molecular complexity index is 951. The van der Waals surface area contributed by atoms with Gasteiger partial charge in [-0.3, -0.25) is 9.59 Å². The van der Waals surface area contributed by atoms with Crippen molar-refractivity contribution in [3.05, 3.63) is 100 Å².